The predicted molar refractivity (Wildman–Crippen MR) is 101 cm³/mol. The second-order valence-electron chi connectivity index (χ2n) is 6.07. The van der Waals surface area contributed by atoms with E-state index in [-0.39, 0.29) is 18.1 Å². The van der Waals surface area contributed by atoms with Crippen LogP contribution < -0.4 is 0 Å². The van der Waals surface area contributed by atoms with E-state index >= 15 is 0 Å². The molecule has 25 heavy (non-hydrogen) atoms. The molecule has 0 bridgehead atoms. The van der Waals surface area contributed by atoms with E-state index in [1.165, 1.54) is 0 Å². The fraction of sp³-hybridized carbons (Fsp3) is 0.250. The highest BCUT2D eigenvalue weighted by Gasteiger charge is 2.41. The molecule has 1 aliphatic heterocycles. The Morgan fingerprint density at radius 1 is 1.04 bits per heavy atom. The predicted octanol–water partition coefficient (Wildman–Crippen LogP) is 5.21. The van der Waals surface area contributed by atoms with Gasteiger partial charge in [0.2, 0.25) is 0 Å². The maximum atomic E-state index is 12.7. The summed E-state index contributed by atoms with van der Waals surface area (Å²) in [5.74, 6) is -0.0509. The summed E-state index contributed by atoms with van der Waals surface area (Å²) in [5.41, 5.74) is 1.94. The third-order valence-corrected chi connectivity index (χ3v) is 4.93. The maximum absolute atomic E-state index is 12.7. The molecule has 3 rings (SSSR count). The van der Waals surface area contributed by atoms with E-state index < -0.39 is 6.10 Å². The van der Waals surface area contributed by atoms with Crippen molar-refractivity contribution in [2.45, 2.75) is 24.7 Å². The largest absolute Gasteiger partial charge is 0.358 e. The zero-order chi connectivity index (χ0) is 18.0. The molecule has 5 heteroatoms. The lowest BCUT2D eigenvalue weighted by atomic mass is 9.91. The van der Waals surface area contributed by atoms with Crippen LogP contribution in [-0.2, 0) is 9.53 Å². The molecular formula is C20H19Cl2NO2. The first-order chi connectivity index (χ1) is 12.0. The van der Waals surface area contributed by atoms with Crippen molar-refractivity contribution in [1.82, 2.24) is 4.90 Å². The topological polar surface area (TPSA) is 29.5 Å². The van der Waals surface area contributed by atoms with Gasteiger partial charge in [-0.25, -0.2) is 0 Å². The second kappa shape index (κ2) is 7.61. The minimum atomic E-state index is -0.535. The van der Waals surface area contributed by atoms with Crippen LogP contribution in [0.25, 0.3) is 0 Å². The van der Waals surface area contributed by atoms with Crippen molar-refractivity contribution < 1.29 is 9.53 Å². The molecule has 0 radical (unpaired) electrons. The summed E-state index contributed by atoms with van der Waals surface area (Å²) < 4.78 is 6.19. The van der Waals surface area contributed by atoms with Crippen molar-refractivity contribution in [3.8, 4) is 0 Å². The minimum absolute atomic E-state index is 0.0509. The van der Waals surface area contributed by atoms with Crippen molar-refractivity contribution in [2.24, 2.45) is 0 Å². The first-order valence-electron chi connectivity index (χ1n) is 8.05. The van der Waals surface area contributed by atoms with Crippen molar-refractivity contribution in [3.63, 3.8) is 0 Å². The highest BCUT2D eigenvalue weighted by molar-refractivity contribution is 6.30. The Balaban J connectivity index is 2.03. The van der Waals surface area contributed by atoms with E-state index in [1.807, 2.05) is 55.6 Å². The zero-order valence-corrected chi connectivity index (χ0v) is 15.4. The quantitative estimate of drug-likeness (QED) is 0.686. The normalized spacial score (nSPS) is 23.6. The molecule has 0 spiro atoms. The SMILES string of the molecule is C=CCC1O[C@H](c2ccc(Cl)cc2)[C@H](c2ccc(Cl)cc2)N(C)C1=O. The lowest BCUT2D eigenvalue weighted by Crippen LogP contribution is -2.48. The van der Waals surface area contributed by atoms with Gasteiger partial charge in [-0.1, -0.05) is 53.5 Å². The van der Waals surface area contributed by atoms with Gasteiger partial charge >= 0.3 is 0 Å². The number of hydrogen-bond donors (Lipinski definition) is 0. The third kappa shape index (κ3) is 3.74. The van der Waals surface area contributed by atoms with E-state index in [0.29, 0.717) is 16.5 Å². The molecule has 0 saturated carbocycles. The molecule has 1 saturated heterocycles. The van der Waals surface area contributed by atoms with Gasteiger partial charge in [0, 0.05) is 23.5 Å². The fourth-order valence-corrected chi connectivity index (χ4v) is 3.41. The van der Waals surface area contributed by atoms with Gasteiger partial charge in [0.25, 0.3) is 5.91 Å². The average molecular weight is 376 g/mol. The van der Waals surface area contributed by atoms with Crippen molar-refractivity contribution in [1.29, 1.82) is 0 Å². The Morgan fingerprint density at radius 3 is 2.08 bits per heavy atom. The van der Waals surface area contributed by atoms with Gasteiger partial charge in [-0.05, 0) is 35.4 Å². The number of benzene rings is 2. The van der Waals surface area contributed by atoms with E-state index in [0.717, 1.165) is 11.1 Å². The van der Waals surface area contributed by atoms with Gasteiger partial charge in [0.1, 0.15) is 12.2 Å². The number of nitrogens with zero attached hydrogens (tertiary/aromatic N) is 1. The summed E-state index contributed by atoms with van der Waals surface area (Å²) in [6.07, 6.45) is 1.34. The standard InChI is InChI=1S/C20H19Cl2NO2/c1-3-4-17-20(24)23(2)18(13-5-9-15(21)10-6-13)19(25-17)14-7-11-16(22)12-8-14/h3,5-12,17-19H,1,4H2,2H3/t17?,18-,19+/m0/s1. The van der Waals surface area contributed by atoms with E-state index in [9.17, 15) is 4.79 Å². The van der Waals surface area contributed by atoms with Crippen LogP contribution in [0.3, 0.4) is 0 Å². The van der Waals surface area contributed by atoms with Gasteiger partial charge < -0.3 is 9.64 Å². The number of hydrogen-bond acceptors (Lipinski definition) is 2. The van der Waals surface area contributed by atoms with Crippen molar-refractivity contribution in [3.05, 3.63) is 82.4 Å². The van der Waals surface area contributed by atoms with E-state index in [2.05, 4.69) is 6.58 Å². The summed E-state index contributed by atoms with van der Waals surface area (Å²) in [5, 5.41) is 1.32. The first kappa shape index (κ1) is 18.0. The lowest BCUT2D eigenvalue weighted by molar-refractivity contribution is -0.170. The number of ether oxygens (including phenoxy) is 1. The average Bonchev–Trinajstić information content (AvgIpc) is 2.61. The summed E-state index contributed by atoms with van der Waals surface area (Å²) in [6.45, 7) is 3.73. The van der Waals surface area contributed by atoms with Crippen LogP contribution in [-0.4, -0.2) is 24.0 Å². The van der Waals surface area contributed by atoms with Crippen LogP contribution >= 0.6 is 23.2 Å². The molecule has 1 heterocycles. The molecule has 0 N–H and O–H groups in total. The highest BCUT2D eigenvalue weighted by Crippen LogP contribution is 2.42. The summed E-state index contributed by atoms with van der Waals surface area (Å²) >= 11 is 12.0. The summed E-state index contributed by atoms with van der Waals surface area (Å²) in [7, 11) is 1.81. The number of amides is 1. The molecule has 1 aliphatic rings. The van der Waals surface area contributed by atoms with Crippen molar-refractivity contribution >= 4 is 29.1 Å². The molecule has 130 valence electrons. The Labute approximate surface area is 157 Å². The molecule has 0 aliphatic carbocycles. The summed E-state index contributed by atoms with van der Waals surface area (Å²) in [4.78, 5) is 14.5. The monoisotopic (exact) mass is 375 g/mol. The first-order valence-corrected chi connectivity index (χ1v) is 8.81. The third-order valence-electron chi connectivity index (χ3n) is 4.43. The number of rotatable bonds is 4. The van der Waals surface area contributed by atoms with E-state index in [4.69, 9.17) is 27.9 Å². The molecular weight excluding hydrogens is 357 g/mol. The smallest absolute Gasteiger partial charge is 0.252 e. The molecule has 2 aromatic carbocycles. The highest BCUT2D eigenvalue weighted by atomic mass is 35.5. The number of carbonyl (C=O) groups excluding carboxylic acids is 1. The molecule has 3 nitrogen and oxygen atoms in total. The molecule has 2 aromatic rings. The van der Waals surface area contributed by atoms with Crippen LogP contribution in [0.15, 0.2) is 61.2 Å². The molecule has 0 aromatic heterocycles. The Bertz CT molecular complexity index is 758. The molecule has 1 unspecified atom stereocenters. The van der Waals surface area contributed by atoms with Crippen LogP contribution in [0.1, 0.15) is 29.7 Å². The van der Waals surface area contributed by atoms with Gasteiger partial charge in [-0.3, -0.25) is 4.79 Å². The zero-order valence-electron chi connectivity index (χ0n) is 13.9. The molecule has 3 atom stereocenters. The van der Waals surface area contributed by atoms with Gasteiger partial charge in [0.15, 0.2) is 0 Å². The number of likely N-dealkylation sites (N-methyl/N-ethyl adjacent to an activating group) is 1. The number of morpholine rings is 1. The maximum Gasteiger partial charge on any atom is 0.252 e. The van der Waals surface area contributed by atoms with Crippen molar-refractivity contribution in [2.75, 3.05) is 7.05 Å². The van der Waals surface area contributed by atoms with Gasteiger partial charge in [-0.2, -0.15) is 0 Å². The molecule has 1 amide bonds. The lowest BCUT2D eigenvalue weighted by Gasteiger charge is -2.43. The van der Waals surface area contributed by atoms with Crippen LogP contribution in [0.2, 0.25) is 10.0 Å². The van der Waals surface area contributed by atoms with Crippen LogP contribution in [0.4, 0.5) is 0 Å². The minimum Gasteiger partial charge on any atom is -0.358 e. The Hall–Kier alpha value is -1.81. The van der Waals surface area contributed by atoms with Crippen LogP contribution in [0, 0.1) is 0 Å². The number of carbonyl (C=O) groups is 1. The van der Waals surface area contributed by atoms with Gasteiger partial charge in [0.05, 0.1) is 6.04 Å². The Kier molecular flexibility index (Phi) is 5.48. The molecule has 1 fully saturated rings. The Morgan fingerprint density at radius 2 is 1.56 bits per heavy atom. The fourth-order valence-electron chi connectivity index (χ4n) is 3.16. The van der Waals surface area contributed by atoms with Crippen LogP contribution in [0.5, 0.6) is 0 Å². The summed E-state index contributed by atoms with van der Waals surface area (Å²) in [6, 6.07) is 14.8. The van der Waals surface area contributed by atoms with E-state index in [1.54, 1.807) is 11.0 Å². The van der Waals surface area contributed by atoms with Gasteiger partial charge in [-0.15, -0.1) is 6.58 Å². The number of halogens is 2. The second-order valence-corrected chi connectivity index (χ2v) is 6.94.